The molecule has 1 aromatic rings. The topological polar surface area (TPSA) is 67.9 Å². The fourth-order valence-electron chi connectivity index (χ4n) is 0.586. The van der Waals surface area contributed by atoms with Crippen LogP contribution in [0.5, 0.6) is 0 Å². The van der Waals surface area contributed by atoms with E-state index in [0.29, 0.717) is 5.72 Å². The maximum Gasteiger partial charge on any atom is 0.377 e. The zero-order valence-corrected chi connectivity index (χ0v) is 6.29. The smallest absolute Gasteiger partial charge is 0.377 e. The highest BCUT2D eigenvalue weighted by molar-refractivity contribution is 6.49. The lowest BCUT2D eigenvalue weighted by Crippen LogP contribution is -2.15. The highest BCUT2D eigenvalue weighted by Crippen LogP contribution is 1.86. The van der Waals surface area contributed by atoms with Gasteiger partial charge in [-0.3, -0.25) is 5.10 Å². The van der Waals surface area contributed by atoms with Crippen LogP contribution in [-0.2, 0) is 4.74 Å². The summed E-state index contributed by atoms with van der Waals surface area (Å²) in [5.41, 5.74) is 0.561. The summed E-state index contributed by atoms with van der Waals surface area (Å²) in [4.78, 5) is 14.6. The molecule has 1 N–H and O–H groups in total. The van der Waals surface area contributed by atoms with Crippen molar-refractivity contribution in [2.24, 2.45) is 0 Å². The Kier molecular flexibility index (Phi) is 2.25. The predicted octanol–water partition coefficient (Wildman–Crippen LogP) is -1.03. The largest absolute Gasteiger partial charge is 0.463 e. The Balaban J connectivity index is 2.80. The molecule has 6 heteroatoms. The monoisotopic (exact) mass is 152 g/mol. The van der Waals surface area contributed by atoms with Crippen LogP contribution < -0.4 is 5.72 Å². The van der Waals surface area contributed by atoms with Gasteiger partial charge in [-0.05, 0) is 0 Å². The molecule has 5 nitrogen and oxygen atoms in total. The van der Waals surface area contributed by atoms with Crippen molar-refractivity contribution in [1.29, 1.82) is 0 Å². The van der Waals surface area contributed by atoms with Crippen LogP contribution in [0.1, 0.15) is 10.6 Å². The van der Waals surface area contributed by atoms with E-state index >= 15 is 0 Å². The van der Waals surface area contributed by atoms with Gasteiger partial charge in [-0.25, -0.2) is 9.78 Å². The minimum absolute atomic E-state index is 0.0561. The minimum atomic E-state index is -0.533. The number of ether oxygens (including phenoxy) is 1. The summed E-state index contributed by atoms with van der Waals surface area (Å²) >= 11 is 0. The fourth-order valence-corrected chi connectivity index (χ4v) is 0.586. The summed E-state index contributed by atoms with van der Waals surface area (Å²) in [6, 6.07) is 0. The quantitative estimate of drug-likeness (QED) is 0.434. The molecule has 0 aliphatic heterocycles. The summed E-state index contributed by atoms with van der Waals surface area (Å²) < 4.78 is 4.40. The summed E-state index contributed by atoms with van der Waals surface area (Å²) in [5, 5.41) is 6.17. The molecule has 0 unspecified atom stereocenters. The SMILES string of the molecule is C[B]c1nc(C(=O)OC)n[nH]1. The first-order valence-corrected chi connectivity index (χ1v) is 3.08. The van der Waals surface area contributed by atoms with Crippen LogP contribution in [0.4, 0.5) is 0 Å². The van der Waals surface area contributed by atoms with Gasteiger partial charge in [0.15, 0.2) is 7.28 Å². The van der Waals surface area contributed by atoms with E-state index in [9.17, 15) is 4.79 Å². The highest BCUT2D eigenvalue weighted by atomic mass is 16.5. The molecule has 1 radical (unpaired) electrons. The van der Waals surface area contributed by atoms with Gasteiger partial charge >= 0.3 is 5.97 Å². The Morgan fingerprint density at radius 2 is 2.45 bits per heavy atom. The summed E-state index contributed by atoms with van der Waals surface area (Å²) in [5.74, 6) is -0.477. The maximum absolute atomic E-state index is 10.8. The van der Waals surface area contributed by atoms with Crippen molar-refractivity contribution < 1.29 is 9.53 Å². The van der Waals surface area contributed by atoms with Crippen LogP contribution in [0, 0.1) is 0 Å². The number of hydrogen-bond acceptors (Lipinski definition) is 4. The van der Waals surface area contributed by atoms with Crippen LogP contribution in [-0.4, -0.2) is 35.5 Å². The van der Waals surface area contributed by atoms with Gasteiger partial charge in [0.2, 0.25) is 0 Å². The molecule has 0 spiro atoms. The first-order chi connectivity index (χ1) is 5.27. The molecular formula is C5H7BN3O2. The standard InChI is InChI=1S/C5H7BN3O2/c1-6-5-7-3(8-9-5)4(10)11-2/h1-2H3,(H,7,8,9). The second-order valence-corrected chi connectivity index (χ2v) is 1.82. The van der Waals surface area contributed by atoms with Gasteiger partial charge in [0.05, 0.1) is 12.8 Å². The Morgan fingerprint density at radius 3 is 2.91 bits per heavy atom. The van der Waals surface area contributed by atoms with Gasteiger partial charge in [-0.1, -0.05) is 6.82 Å². The van der Waals surface area contributed by atoms with Gasteiger partial charge in [0.25, 0.3) is 5.82 Å². The number of carbonyl (C=O) groups excluding carboxylic acids is 1. The predicted molar refractivity (Wildman–Crippen MR) is 39.0 cm³/mol. The minimum Gasteiger partial charge on any atom is -0.463 e. The normalized spacial score (nSPS) is 9.27. The van der Waals surface area contributed by atoms with E-state index in [1.54, 1.807) is 14.1 Å². The van der Waals surface area contributed by atoms with Crippen molar-refractivity contribution >= 4 is 19.0 Å². The van der Waals surface area contributed by atoms with Crippen molar-refractivity contribution in [3.05, 3.63) is 5.82 Å². The molecular weight excluding hydrogens is 145 g/mol. The van der Waals surface area contributed by atoms with E-state index in [1.165, 1.54) is 7.11 Å². The van der Waals surface area contributed by atoms with Crippen LogP contribution in [0.15, 0.2) is 0 Å². The molecule has 0 saturated heterocycles. The van der Waals surface area contributed by atoms with E-state index in [2.05, 4.69) is 19.9 Å². The number of aromatic amines is 1. The lowest BCUT2D eigenvalue weighted by Gasteiger charge is -1.88. The number of methoxy groups -OCH3 is 1. The van der Waals surface area contributed by atoms with Gasteiger partial charge in [0.1, 0.15) is 0 Å². The summed E-state index contributed by atoms with van der Waals surface area (Å²) in [6.45, 7) is 1.79. The van der Waals surface area contributed by atoms with Crippen molar-refractivity contribution in [1.82, 2.24) is 15.2 Å². The van der Waals surface area contributed by atoms with Gasteiger partial charge < -0.3 is 4.74 Å². The number of nitrogens with zero attached hydrogens (tertiary/aromatic N) is 2. The molecule has 0 saturated carbocycles. The Bertz CT molecular complexity index is 260. The molecule has 1 rings (SSSR count). The number of esters is 1. The molecule has 0 aliphatic carbocycles. The third-order valence-corrected chi connectivity index (χ3v) is 1.14. The second-order valence-electron chi connectivity index (χ2n) is 1.82. The molecule has 0 aromatic carbocycles. The van der Waals surface area contributed by atoms with Crippen LogP contribution >= 0.6 is 0 Å². The summed E-state index contributed by atoms with van der Waals surface area (Å²) in [6.07, 6.45) is 0. The number of H-pyrrole nitrogens is 1. The molecule has 0 amide bonds. The average molecular weight is 152 g/mol. The molecule has 0 aliphatic rings. The Hall–Kier alpha value is -1.33. The van der Waals surface area contributed by atoms with Crippen molar-refractivity contribution in [3.8, 4) is 0 Å². The highest BCUT2D eigenvalue weighted by Gasteiger charge is 2.10. The van der Waals surface area contributed by atoms with Gasteiger partial charge in [-0.2, -0.15) is 0 Å². The Morgan fingerprint density at radius 1 is 1.73 bits per heavy atom. The first-order valence-electron chi connectivity index (χ1n) is 3.08. The zero-order chi connectivity index (χ0) is 8.27. The number of aromatic nitrogens is 3. The van der Waals surface area contributed by atoms with Crippen LogP contribution in [0.2, 0.25) is 6.82 Å². The van der Waals surface area contributed by atoms with Crippen LogP contribution in [0.3, 0.4) is 0 Å². The molecule has 11 heavy (non-hydrogen) atoms. The molecule has 1 heterocycles. The average Bonchev–Trinajstić information content (AvgIpc) is 2.50. The number of rotatable bonds is 2. The maximum atomic E-state index is 10.8. The molecule has 0 atom stereocenters. The van der Waals surface area contributed by atoms with Crippen molar-refractivity contribution in [3.63, 3.8) is 0 Å². The first kappa shape index (κ1) is 7.78. The molecule has 1 aromatic heterocycles. The second kappa shape index (κ2) is 3.18. The van der Waals surface area contributed by atoms with Gasteiger partial charge in [-0.15, -0.1) is 5.10 Å². The third kappa shape index (κ3) is 1.57. The van der Waals surface area contributed by atoms with E-state index in [1.807, 2.05) is 0 Å². The Labute approximate surface area is 64.4 Å². The van der Waals surface area contributed by atoms with Gasteiger partial charge in [0, 0.05) is 0 Å². The molecule has 0 fully saturated rings. The van der Waals surface area contributed by atoms with Crippen LogP contribution in [0.25, 0.3) is 0 Å². The molecule has 57 valence electrons. The third-order valence-electron chi connectivity index (χ3n) is 1.14. The number of carbonyl (C=O) groups is 1. The number of hydrogen-bond donors (Lipinski definition) is 1. The lowest BCUT2D eigenvalue weighted by molar-refractivity contribution is 0.0587. The lowest BCUT2D eigenvalue weighted by atomic mass is 9.82. The fraction of sp³-hybridized carbons (Fsp3) is 0.400. The number of nitrogens with one attached hydrogen (secondary N) is 1. The zero-order valence-electron chi connectivity index (χ0n) is 6.29. The molecule has 0 bridgehead atoms. The van der Waals surface area contributed by atoms with E-state index in [0.717, 1.165) is 0 Å². The van der Waals surface area contributed by atoms with Crippen molar-refractivity contribution in [2.45, 2.75) is 6.82 Å². The van der Waals surface area contributed by atoms with Crippen molar-refractivity contribution in [2.75, 3.05) is 7.11 Å². The summed E-state index contributed by atoms with van der Waals surface area (Å²) in [7, 11) is 2.99. The van der Waals surface area contributed by atoms with E-state index in [-0.39, 0.29) is 5.82 Å². The van der Waals surface area contributed by atoms with E-state index < -0.39 is 5.97 Å². The van der Waals surface area contributed by atoms with E-state index in [4.69, 9.17) is 0 Å².